The van der Waals surface area contributed by atoms with Crippen LogP contribution in [0, 0.1) is 5.92 Å². The van der Waals surface area contributed by atoms with Gasteiger partial charge in [-0.15, -0.1) is 0 Å². The first-order valence-electron chi connectivity index (χ1n) is 9.69. The smallest absolute Gasteiger partial charge is 0.274 e. The number of hydrogen-bond acceptors (Lipinski definition) is 5. The molecular formula is C22H23N3O4. The summed E-state index contributed by atoms with van der Waals surface area (Å²) < 4.78 is 12.9. The van der Waals surface area contributed by atoms with E-state index in [1.807, 2.05) is 38.1 Å². The number of carbonyl (C=O) groups is 1. The molecule has 7 nitrogen and oxygen atoms in total. The Labute approximate surface area is 168 Å². The Bertz CT molecular complexity index is 1110. The number of nitrogens with zero attached hydrogens (tertiary/aromatic N) is 2. The minimum atomic E-state index is -0.346. The standard InChI is InChI=1S/C22H23N3O4/c1-14(2)12-25-22(27)17-8-4-3-7-16(17)20(24-25)21(26)23-11-15-13-28-18-9-5-6-10-19(18)29-15/h3-10,14-15H,11-13H2,1-2H3,(H,23,26). The van der Waals surface area contributed by atoms with Gasteiger partial charge in [0, 0.05) is 11.9 Å². The molecule has 1 N–H and O–H groups in total. The Morgan fingerprint density at radius 2 is 1.83 bits per heavy atom. The van der Waals surface area contributed by atoms with Gasteiger partial charge < -0.3 is 14.8 Å². The lowest BCUT2D eigenvalue weighted by Gasteiger charge is -2.26. The average Bonchev–Trinajstić information content (AvgIpc) is 2.73. The molecule has 2 heterocycles. The summed E-state index contributed by atoms with van der Waals surface area (Å²) in [6.45, 7) is 5.06. The average molecular weight is 393 g/mol. The molecule has 1 aliphatic heterocycles. The molecule has 1 amide bonds. The van der Waals surface area contributed by atoms with Gasteiger partial charge in [0.05, 0.1) is 11.9 Å². The van der Waals surface area contributed by atoms with E-state index in [0.29, 0.717) is 35.4 Å². The first kappa shape index (κ1) is 19.0. The number of ether oxygens (including phenoxy) is 2. The van der Waals surface area contributed by atoms with Gasteiger partial charge in [-0.3, -0.25) is 9.59 Å². The fourth-order valence-corrected chi connectivity index (χ4v) is 3.33. The Morgan fingerprint density at radius 3 is 2.59 bits per heavy atom. The van der Waals surface area contributed by atoms with Gasteiger partial charge in [-0.05, 0) is 24.1 Å². The molecular weight excluding hydrogens is 370 g/mol. The molecule has 0 aliphatic carbocycles. The predicted octanol–water partition coefficient (Wildman–Crippen LogP) is 2.62. The fraction of sp³-hybridized carbons (Fsp3) is 0.318. The van der Waals surface area contributed by atoms with Crippen LogP contribution in [0.2, 0.25) is 0 Å². The molecule has 7 heteroatoms. The van der Waals surface area contributed by atoms with Crippen molar-refractivity contribution in [3.05, 3.63) is 64.6 Å². The fourth-order valence-electron chi connectivity index (χ4n) is 3.33. The Hall–Kier alpha value is -3.35. The van der Waals surface area contributed by atoms with E-state index in [-0.39, 0.29) is 35.7 Å². The number of hydrogen-bond donors (Lipinski definition) is 1. The summed E-state index contributed by atoms with van der Waals surface area (Å²) >= 11 is 0. The summed E-state index contributed by atoms with van der Waals surface area (Å²) in [4.78, 5) is 25.6. The third-order valence-electron chi connectivity index (χ3n) is 4.68. The van der Waals surface area contributed by atoms with E-state index in [0.717, 1.165) is 0 Å². The van der Waals surface area contributed by atoms with E-state index < -0.39 is 0 Å². The van der Waals surface area contributed by atoms with E-state index >= 15 is 0 Å². The number of nitrogens with one attached hydrogen (secondary N) is 1. The van der Waals surface area contributed by atoms with Crippen molar-refractivity contribution in [1.82, 2.24) is 15.1 Å². The van der Waals surface area contributed by atoms with Gasteiger partial charge in [-0.1, -0.05) is 44.2 Å². The molecule has 0 fully saturated rings. The van der Waals surface area contributed by atoms with E-state index in [1.165, 1.54) is 4.68 Å². The van der Waals surface area contributed by atoms with Gasteiger partial charge in [0.2, 0.25) is 0 Å². The second-order valence-corrected chi connectivity index (χ2v) is 7.48. The summed E-state index contributed by atoms with van der Waals surface area (Å²) in [6, 6.07) is 14.5. The lowest BCUT2D eigenvalue weighted by atomic mass is 10.1. The minimum Gasteiger partial charge on any atom is -0.486 e. The van der Waals surface area contributed by atoms with Crippen molar-refractivity contribution in [2.45, 2.75) is 26.5 Å². The molecule has 0 saturated carbocycles. The molecule has 0 bridgehead atoms. The second kappa shape index (κ2) is 7.95. The zero-order valence-corrected chi connectivity index (χ0v) is 16.4. The number of aromatic nitrogens is 2. The first-order valence-corrected chi connectivity index (χ1v) is 9.69. The molecule has 1 atom stereocenters. The number of rotatable bonds is 5. The van der Waals surface area contributed by atoms with E-state index in [9.17, 15) is 9.59 Å². The monoisotopic (exact) mass is 393 g/mol. The van der Waals surface area contributed by atoms with Crippen molar-refractivity contribution in [3.63, 3.8) is 0 Å². The number of fused-ring (bicyclic) bond motifs is 2. The van der Waals surface area contributed by atoms with Crippen LogP contribution in [-0.2, 0) is 6.54 Å². The highest BCUT2D eigenvalue weighted by Crippen LogP contribution is 2.30. The normalized spacial score (nSPS) is 15.5. The zero-order chi connectivity index (χ0) is 20.4. The molecule has 1 aromatic heterocycles. The van der Waals surface area contributed by atoms with Crippen molar-refractivity contribution in [1.29, 1.82) is 0 Å². The van der Waals surface area contributed by atoms with Crippen LogP contribution < -0.4 is 20.3 Å². The van der Waals surface area contributed by atoms with Gasteiger partial charge in [0.15, 0.2) is 17.2 Å². The maximum atomic E-state index is 12.9. The minimum absolute atomic E-state index is 0.188. The molecule has 2 aromatic carbocycles. The summed E-state index contributed by atoms with van der Waals surface area (Å²) in [5.41, 5.74) is 0.0458. The summed E-state index contributed by atoms with van der Waals surface area (Å²) in [6.07, 6.45) is -0.304. The molecule has 1 unspecified atom stereocenters. The number of para-hydroxylation sites is 2. The summed E-state index contributed by atoms with van der Waals surface area (Å²) in [7, 11) is 0. The van der Waals surface area contributed by atoms with Crippen LogP contribution in [0.3, 0.4) is 0 Å². The van der Waals surface area contributed by atoms with Crippen LogP contribution in [0.15, 0.2) is 53.3 Å². The van der Waals surface area contributed by atoms with Gasteiger partial charge in [-0.25, -0.2) is 4.68 Å². The molecule has 1 aliphatic rings. The number of carbonyl (C=O) groups excluding carboxylic acids is 1. The second-order valence-electron chi connectivity index (χ2n) is 7.48. The highest BCUT2D eigenvalue weighted by molar-refractivity contribution is 6.04. The number of amides is 1. The van der Waals surface area contributed by atoms with Crippen molar-refractivity contribution < 1.29 is 14.3 Å². The van der Waals surface area contributed by atoms with Crippen molar-refractivity contribution in [3.8, 4) is 11.5 Å². The summed E-state index contributed by atoms with van der Waals surface area (Å²) in [5, 5.41) is 8.26. The Kier molecular flexibility index (Phi) is 5.20. The number of benzene rings is 2. The van der Waals surface area contributed by atoms with Crippen LogP contribution in [0.25, 0.3) is 10.8 Å². The first-order chi connectivity index (χ1) is 14.0. The lowest BCUT2D eigenvalue weighted by Crippen LogP contribution is -2.41. The predicted molar refractivity (Wildman–Crippen MR) is 110 cm³/mol. The highest BCUT2D eigenvalue weighted by Gasteiger charge is 2.23. The lowest BCUT2D eigenvalue weighted by molar-refractivity contribution is 0.0786. The van der Waals surface area contributed by atoms with Crippen LogP contribution >= 0.6 is 0 Å². The van der Waals surface area contributed by atoms with E-state index in [4.69, 9.17) is 9.47 Å². The molecule has 4 rings (SSSR count). The quantitative estimate of drug-likeness (QED) is 0.721. The van der Waals surface area contributed by atoms with Crippen LogP contribution in [-0.4, -0.2) is 34.9 Å². The van der Waals surface area contributed by atoms with Crippen molar-refractivity contribution in [2.24, 2.45) is 5.92 Å². The van der Waals surface area contributed by atoms with E-state index in [2.05, 4.69) is 10.4 Å². The van der Waals surface area contributed by atoms with Crippen LogP contribution in [0.5, 0.6) is 11.5 Å². The third-order valence-corrected chi connectivity index (χ3v) is 4.68. The van der Waals surface area contributed by atoms with Gasteiger partial charge in [0.25, 0.3) is 11.5 Å². The van der Waals surface area contributed by atoms with Crippen molar-refractivity contribution >= 4 is 16.7 Å². The maximum absolute atomic E-state index is 12.9. The van der Waals surface area contributed by atoms with E-state index in [1.54, 1.807) is 24.3 Å². The molecule has 0 radical (unpaired) electrons. The third kappa shape index (κ3) is 3.94. The summed E-state index contributed by atoms with van der Waals surface area (Å²) in [5.74, 6) is 1.24. The highest BCUT2D eigenvalue weighted by atomic mass is 16.6. The molecule has 0 spiro atoms. The largest absolute Gasteiger partial charge is 0.486 e. The van der Waals surface area contributed by atoms with Gasteiger partial charge in [-0.2, -0.15) is 5.10 Å². The topological polar surface area (TPSA) is 82.5 Å². The molecule has 0 saturated heterocycles. The molecule has 150 valence electrons. The molecule has 29 heavy (non-hydrogen) atoms. The SMILES string of the molecule is CC(C)Cn1nc(C(=O)NCC2COc3ccccc3O2)c2ccccc2c1=O. The Morgan fingerprint density at radius 1 is 1.14 bits per heavy atom. The van der Waals surface area contributed by atoms with Crippen LogP contribution in [0.1, 0.15) is 24.3 Å². The van der Waals surface area contributed by atoms with Gasteiger partial charge in [0.1, 0.15) is 12.7 Å². The molecule has 3 aromatic rings. The Balaban J connectivity index is 1.55. The van der Waals surface area contributed by atoms with Gasteiger partial charge >= 0.3 is 0 Å². The van der Waals surface area contributed by atoms with Crippen LogP contribution in [0.4, 0.5) is 0 Å². The zero-order valence-electron chi connectivity index (χ0n) is 16.4. The maximum Gasteiger partial charge on any atom is 0.274 e. The van der Waals surface area contributed by atoms with Crippen molar-refractivity contribution in [2.75, 3.05) is 13.2 Å².